The summed E-state index contributed by atoms with van der Waals surface area (Å²) in [5, 5.41) is 0.625. The van der Waals surface area contributed by atoms with Gasteiger partial charge >= 0.3 is 0 Å². The van der Waals surface area contributed by atoms with E-state index >= 15 is 0 Å². The molecule has 0 aliphatic carbocycles. The van der Waals surface area contributed by atoms with Crippen LogP contribution in [0.2, 0.25) is 0 Å². The van der Waals surface area contributed by atoms with Crippen LogP contribution in [0.4, 0.5) is 0 Å². The maximum absolute atomic E-state index is 13.3. The molecule has 0 atom stereocenters. The molecule has 32 heavy (non-hydrogen) atoms. The molecule has 1 aliphatic heterocycles. The van der Waals surface area contributed by atoms with Crippen molar-refractivity contribution in [2.75, 3.05) is 20.3 Å². The summed E-state index contributed by atoms with van der Waals surface area (Å²) in [5.41, 5.74) is 4.77. The zero-order valence-corrected chi connectivity index (χ0v) is 18.3. The number of hydrogen-bond donors (Lipinski definition) is 0. The van der Waals surface area contributed by atoms with Crippen LogP contribution in [-0.4, -0.2) is 39.4 Å². The summed E-state index contributed by atoms with van der Waals surface area (Å²) >= 11 is 0. The highest BCUT2D eigenvalue weighted by Gasteiger charge is 2.19. The predicted molar refractivity (Wildman–Crippen MR) is 123 cm³/mol. The summed E-state index contributed by atoms with van der Waals surface area (Å²) in [6.45, 7) is 1.36. The van der Waals surface area contributed by atoms with Gasteiger partial charge in [-0.3, -0.25) is 9.36 Å². The van der Waals surface area contributed by atoms with Gasteiger partial charge in [-0.2, -0.15) is 0 Å². The molecule has 0 radical (unpaired) electrons. The van der Waals surface area contributed by atoms with Crippen LogP contribution < -0.4 is 10.3 Å². The van der Waals surface area contributed by atoms with Gasteiger partial charge in [0.15, 0.2) is 0 Å². The minimum Gasteiger partial charge on any atom is -0.496 e. The highest BCUT2D eigenvalue weighted by atomic mass is 16.5. The first-order valence-electron chi connectivity index (χ1n) is 10.8. The molecule has 0 N–H and O–H groups in total. The van der Waals surface area contributed by atoms with Crippen molar-refractivity contribution in [1.82, 2.24) is 19.1 Å². The average Bonchev–Trinajstić information content (AvgIpc) is 3.26. The first-order chi connectivity index (χ1) is 15.6. The summed E-state index contributed by atoms with van der Waals surface area (Å²) in [6.07, 6.45) is 7.78. The Balaban J connectivity index is 1.48. The molecule has 4 aromatic rings. The summed E-state index contributed by atoms with van der Waals surface area (Å²) < 4.78 is 14.8. The third-order valence-electron chi connectivity index (χ3n) is 6.12. The first kappa shape index (κ1) is 20.5. The minimum atomic E-state index is -0.00342. The van der Waals surface area contributed by atoms with E-state index < -0.39 is 0 Å². The normalized spacial score (nSPS) is 14.7. The lowest BCUT2D eigenvalue weighted by Gasteiger charge is -2.24. The maximum Gasteiger partial charge on any atom is 0.261 e. The Kier molecular flexibility index (Phi) is 5.49. The van der Waals surface area contributed by atoms with E-state index in [0.717, 1.165) is 41.0 Å². The van der Waals surface area contributed by atoms with Gasteiger partial charge in [-0.1, -0.05) is 24.3 Å². The van der Waals surface area contributed by atoms with Crippen LogP contribution in [0, 0.1) is 0 Å². The van der Waals surface area contributed by atoms with E-state index in [1.54, 1.807) is 24.3 Å². The summed E-state index contributed by atoms with van der Waals surface area (Å²) in [6, 6.07) is 12.3. The molecule has 0 spiro atoms. The van der Waals surface area contributed by atoms with Crippen molar-refractivity contribution in [3.63, 3.8) is 0 Å². The van der Waals surface area contributed by atoms with Gasteiger partial charge in [-0.25, -0.2) is 9.97 Å². The fourth-order valence-corrected chi connectivity index (χ4v) is 4.33. The van der Waals surface area contributed by atoms with Crippen LogP contribution in [0.3, 0.4) is 0 Å². The third-order valence-corrected chi connectivity index (χ3v) is 6.12. The number of benzene rings is 2. The standard InChI is InChI=1S/C25H26N4O3/c1-28-14-23(26-15-28)18-5-3-17(4-6-18)11-19-12-21-22(13-24(19)31-2)27-16-29(25(21)30)20-7-9-32-10-8-20/h3-6,12-16,20H,7-11H2,1-2H3. The van der Waals surface area contributed by atoms with E-state index in [9.17, 15) is 4.79 Å². The van der Waals surface area contributed by atoms with Gasteiger partial charge in [0, 0.05) is 50.6 Å². The van der Waals surface area contributed by atoms with Crippen LogP contribution in [0.5, 0.6) is 5.75 Å². The van der Waals surface area contributed by atoms with Crippen LogP contribution in [0.1, 0.15) is 30.0 Å². The molecule has 164 valence electrons. The Morgan fingerprint density at radius 1 is 1.09 bits per heavy atom. The number of aryl methyl sites for hydroxylation is 1. The average molecular weight is 431 g/mol. The lowest BCUT2D eigenvalue weighted by atomic mass is 10.0. The molecule has 7 nitrogen and oxygen atoms in total. The number of fused-ring (bicyclic) bond motifs is 1. The predicted octanol–water partition coefficient (Wildman–Crippen LogP) is 3.75. The number of imidazole rings is 1. The molecule has 1 fully saturated rings. The molecule has 7 heteroatoms. The fourth-order valence-electron chi connectivity index (χ4n) is 4.33. The highest BCUT2D eigenvalue weighted by Crippen LogP contribution is 2.27. The number of hydrogen-bond acceptors (Lipinski definition) is 5. The fraction of sp³-hybridized carbons (Fsp3) is 0.320. The molecular formula is C25H26N4O3. The molecule has 0 amide bonds. The molecule has 3 heterocycles. The second-order valence-electron chi connectivity index (χ2n) is 8.28. The smallest absolute Gasteiger partial charge is 0.261 e. The van der Waals surface area contributed by atoms with E-state index in [0.29, 0.717) is 30.5 Å². The van der Waals surface area contributed by atoms with E-state index in [1.165, 1.54) is 0 Å². The number of ether oxygens (including phenoxy) is 2. The second kappa shape index (κ2) is 8.59. The highest BCUT2D eigenvalue weighted by molar-refractivity contribution is 5.80. The van der Waals surface area contributed by atoms with Crippen molar-refractivity contribution < 1.29 is 9.47 Å². The SMILES string of the molecule is COc1cc2ncn(C3CCOCC3)c(=O)c2cc1Cc1ccc(-c2cn(C)cn2)cc1. The molecule has 1 aliphatic rings. The summed E-state index contributed by atoms with van der Waals surface area (Å²) in [5.74, 6) is 0.738. The van der Waals surface area contributed by atoms with Gasteiger partial charge in [0.2, 0.25) is 0 Å². The number of nitrogens with zero attached hydrogens (tertiary/aromatic N) is 4. The van der Waals surface area contributed by atoms with Crippen molar-refractivity contribution in [1.29, 1.82) is 0 Å². The van der Waals surface area contributed by atoms with E-state index in [4.69, 9.17) is 9.47 Å². The monoisotopic (exact) mass is 430 g/mol. The van der Waals surface area contributed by atoms with Crippen molar-refractivity contribution in [3.8, 4) is 17.0 Å². The Hall–Kier alpha value is -3.45. The third kappa shape index (κ3) is 3.91. The van der Waals surface area contributed by atoms with Gasteiger partial charge in [-0.05, 0) is 30.0 Å². The van der Waals surface area contributed by atoms with Crippen molar-refractivity contribution in [2.45, 2.75) is 25.3 Å². The number of rotatable bonds is 5. The lowest BCUT2D eigenvalue weighted by molar-refractivity contribution is 0.0685. The quantitative estimate of drug-likeness (QED) is 0.482. The van der Waals surface area contributed by atoms with Crippen LogP contribution >= 0.6 is 0 Å². The zero-order valence-electron chi connectivity index (χ0n) is 18.3. The molecule has 2 aromatic carbocycles. The van der Waals surface area contributed by atoms with Gasteiger partial charge in [-0.15, -0.1) is 0 Å². The van der Waals surface area contributed by atoms with Crippen molar-refractivity contribution >= 4 is 10.9 Å². The van der Waals surface area contributed by atoms with Crippen molar-refractivity contribution in [2.24, 2.45) is 7.05 Å². The molecule has 5 rings (SSSR count). The Morgan fingerprint density at radius 2 is 1.88 bits per heavy atom. The topological polar surface area (TPSA) is 71.2 Å². The molecule has 1 saturated heterocycles. The van der Waals surface area contributed by atoms with Gasteiger partial charge in [0.1, 0.15) is 5.75 Å². The van der Waals surface area contributed by atoms with Crippen molar-refractivity contribution in [3.05, 3.63) is 76.7 Å². The lowest BCUT2D eigenvalue weighted by Crippen LogP contribution is -2.29. The van der Waals surface area contributed by atoms with E-state index in [-0.39, 0.29) is 11.6 Å². The van der Waals surface area contributed by atoms with Gasteiger partial charge in [0.25, 0.3) is 5.56 Å². The van der Waals surface area contributed by atoms with Gasteiger partial charge in [0.05, 0.1) is 36.4 Å². The van der Waals surface area contributed by atoms with Crippen LogP contribution in [0.25, 0.3) is 22.2 Å². The summed E-state index contributed by atoms with van der Waals surface area (Å²) in [7, 11) is 3.61. The number of aromatic nitrogens is 4. The Labute approximate surface area is 186 Å². The Morgan fingerprint density at radius 3 is 2.56 bits per heavy atom. The molecule has 0 bridgehead atoms. The van der Waals surface area contributed by atoms with Gasteiger partial charge < -0.3 is 14.0 Å². The second-order valence-corrected chi connectivity index (χ2v) is 8.28. The molecule has 2 aromatic heterocycles. The number of methoxy groups -OCH3 is 1. The summed E-state index contributed by atoms with van der Waals surface area (Å²) in [4.78, 5) is 22.2. The Bertz CT molecular complexity index is 1300. The van der Waals surface area contributed by atoms with Crippen LogP contribution in [0.15, 0.2) is 60.0 Å². The first-order valence-corrected chi connectivity index (χ1v) is 10.8. The van der Waals surface area contributed by atoms with E-state index in [2.05, 4.69) is 34.2 Å². The minimum absolute atomic E-state index is 0.00342. The zero-order chi connectivity index (χ0) is 22.1. The maximum atomic E-state index is 13.3. The van der Waals surface area contributed by atoms with Crippen LogP contribution in [-0.2, 0) is 18.2 Å². The molecule has 0 saturated carbocycles. The molecular weight excluding hydrogens is 404 g/mol. The largest absolute Gasteiger partial charge is 0.496 e. The molecule has 0 unspecified atom stereocenters. The van der Waals surface area contributed by atoms with E-state index in [1.807, 2.05) is 29.9 Å².